The van der Waals surface area contributed by atoms with E-state index in [1.165, 1.54) is 13.3 Å². The van der Waals surface area contributed by atoms with Gasteiger partial charge in [0.25, 0.3) is 0 Å². The summed E-state index contributed by atoms with van der Waals surface area (Å²) in [6.07, 6.45) is 4.30. The summed E-state index contributed by atoms with van der Waals surface area (Å²) in [5, 5.41) is 39.6. The number of carboxylic acid groups (broad SMARTS) is 2. The molecule has 1 aromatic rings. The van der Waals surface area contributed by atoms with Gasteiger partial charge in [0.15, 0.2) is 6.10 Å². The molecule has 0 saturated heterocycles. The highest BCUT2D eigenvalue weighted by Crippen LogP contribution is 2.36. The number of benzene rings is 1. The largest absolute Gasteiger partial charge is 0.484 e. The maximum atomic E-state index is 11.9. The highest BCUT2D eigenvalue weighted by molar-refractivity contribution is 5.88. The van der Waals surface area contributed by atoms with Gasteiger partial charge in [-0.1, -0.05) is 63.6 Å². The van der Waals surface area contributed by atoms with Gasteiger partial charge in [-0.3, -0.25) is 0 Å². The number of unbranched alkanes of at least 4 members (excludes halogenated alkanes) is 6. The van der Waals surface area contributed by atoms with E-state index in [-0.39, 0.29) is 12.2 Å². The first kappa shape index (κ1) is 23.9. The van der Waals surface area contributed by atoms with Crippen LogP contribution in [0.5, 0.6) is 5.75 Å². The summed E-state index contributed by atoms with van der Waals surface area (Å²) in [4.78, 5) is 23.2. The lowest BCUT2D eigenvalue weighted by molar-refractivity contribution is -0.216. The van der Waals surface area contributed by atoms with Crippen molar-refractivity contribution >= 4 is 11.9 Å². The number of carboxylic acids is 2. The van der Waals surface area contributed by atoms with Crippen molar-refractivity contribution in [2.75, 3.05) is 0 Å². The first-order chi connectivity index (χ1) is 13.2. The summed E-state index contributed by atoms with van der Waals surface area (Å²) in [5.74, 6) is -3.39. The number of rotatable bonds is 14. The van der Waals surface area contributed by atoms with E-state index < -0.39 is 29.2 Å². The van der Waals surface area contributed by atoms with Crippen LogP contribution in [-0.2, 0) is 9.59 Å². The van der Waals surface area contributed by atoms with Crippen molar-refractivity contribution in [3.8, 4) is 5.75 Å². The summed E-state index contributed by atoms with van der Waals surface area (Å²) < 4.78 is 5.79. The highest BCUT2D eigenvalue weighted by Gasteiger charge is 2.62. The van der Waals surface area contributed by atoms with E-state index in [0.717, 1.165) is 32.1 Å². The Hall–Kier alpha value is -2.12. The molecular weight excluding hydrogens is 364 g/mol. The second-order valence-corrected chi connectivity index (χ2v) is 7.33. The maximum absolute atomic E-state index is 11.9. The summed E-state index contributed by atoms with van der Waals surface area (Å²) in [7, 11) is 0. The molecule has 1 rings (SSSR count). The highest BCUT2D eigenvalue weighted by atomic mass is 16.5. The zero-order valence-electron chi connectivity index (χ0n) is 16.6. The van der Waals surface area contributed by atoms with E-state index in [1.54, 1.807) is 30.3 Å². The van der Waals surface area contributed by atoms with E-state index in [1.807, 2.05) is 0 Å². The minimum Gasteiger partial charge on any atom is -0.484 e. The van der Waals surface area contributed by atoms with Crippen molar-refractivity contribution in [2.24, 2.45) is 0 Å². The quantitative estimate of drug-likeness (QED) is 0.356. The number of aliphatic carboxylic acids is 2. The predicted octanol–water partition coefficient (Wildman–Crippen LogP) is 3.23. The fourth-order valence-electron chi connectivity index (χ4n) is 3.30. The number of aliphatic hydroxyl groups is 2. The molecule has 4 N–H and O–H groups in total. The Kier molecular flexibility index (Phi) is 9.41. The number of para-hydroxylation sites is 1. The summed E-state index contributed by atoms with van der Waals surface area (Å²) in [5.41, 5.74) is -4.86. The number of hydrogen-bond donors (Lipinski definition) is 4. The average molecular weight is 396 g/mol. The Morgan fingerprint density at radius 3 is 2.04 bits per heavy atom. The molecule has 0 spiro atoms. The lowest BCUT2D eigenvalue weighted by Crippen LogP contribution is -2.68. The zero-order chi connectivity index (χ0) is 21.2. The molecule has 0 heterocycles. The molecule has 0 radical (unpaired) electrons. The van der Waals surface area contributed by atoms with Crippen LogP contribution in [0.2, 0.25) is 0 Å². The molecule has 0 amide bonds. The Balaban J connectivity index is 3.02. The summed E-state index contributed by atoms with van der Waals surface area (Å²) >= 11 is 0. The fourth-order valence-corrected chi connectivity index (χ4v) is 3.30. The first-order valence-corrected chi connectivity index (χ1v) is 9.79. The Morgan fingerprint density at radius 2 is 1.54 bits per heavy atom. The molecule has 0 fully saturated rings. The van der Waals surface area contributed by atoms with E-state index in [4.69, 9.17) is 9.84 Å². The molecule has 7 nitrogen and oxygen atoms in total. The van der Waals surface area contributed by atoms with Crippen LogP contribution in [-0.4, -0.2) is 49.7 Å². The van der Waals surface area contributed by atoms with E-state index >= 15 is 0 Å². The monoisotopic (exact) mass is 396 g/mol. The van der Waals surface area contributed by atoms with Gasteiger partial charge in [0.2, 0.25) is 5.60 Å². The first-order valence-electron chi connectivity index (χ1n) is 9.79. The predicted molar refractivity (Wildman–Crippen MR) is 104 cm³/mol. The van der Waals surface area contributed by atoms with Crippen LogP contribution in [0, 0.1) is 0 Å². The lowest BCUT2D eigenvalue weighted by Gasteiger charge is -2.43. The topological polar surface area (TPSA) is 124 Å². The van der Waals surface area contributed by atoms with Gasteiger partial charge >= 0.3 is 11.9 Å². The van der Waals surface area contributed by atoms with Crippen molar-refractivity contribution in [3.63, 3.8) is 0 Å². The van der Waals surface area contributed by atoms with Crippen LogP contribution in [0.15, 0.2) is 30.3 Å². The summed E-state index contributed by atoms with van der Waals surface area (Å²) in [6.45, 7) is 3.46. The zero-order valence-corrected chi connectivity index (χ0v) is 16.6. The molecule has 7 heteroatoms. The van der Waals surface area contributed by atoms with Crippen LogP contribution < -0.4 is 4.74 Å². The smallest absolute Gasteiger partial charge is 0.343 e. The molecule has 3 atom stereocenters. The van der Waals surface area contributed by atoms with Gasteiger partial charge in [-0.15, -0.1) is 0 Å². The minimum absolute atomic E-state index is 0.0722. The van der Waals surface area contributed by atoms with Crippen LogP contribution in [0.3, 0.4) is 0 Å². The molecule has 1 aromatic carbocycles. The van der Waals surface area contributed by atoms with Crippen molar-refractivity contribution in [2.45, 2.75) is 82.5 Å². The van der Waals surface area contributed by atoms with Crippen LogP contribution in [0.1, 0.15) is 65.2 Å². The number of hydrogen-bond acceptors (Lipinski definition) is 5. The van der Waals surface area contributed by atoms with Crippen molar-refractivity contribution in [1.29, 1.82) is 0 Å². The van der Waals surface area contributed by atoms with Gasteiger partial charge < -0.3 is 25.2 Å². The second-order valence-electron chi connectivity index (χ2n) is 7.33. The molecule has 0 bridgehead atoms. The lowest BCUT2D eigenvalue weighted by atomic mass is 9.76. The summed E-state index contributed by atoms with van der Waals surface area (Å²) in [6, 6.07) is 8.26. The molecular formula is C21H32O7. The van der Waals surface area contributed by atoms with Crippen LogP contribution >= 0.6 is 0 Å². The molecule has 0 saturated carbocycles. The molecule has 3 unspecified atom stereocenters. The van der Waals surface area contributed by atoms with Crippen molar-refractivity contribution in [3.05, 3.63) is 30.3 Å². The third-order valence-electron chi connectivity index (χ3n) is 5.11. The Morgan fingerprint density at radius 1 is 1.00 bits per heavy atom. The van der Waals surface area contributed by atoms with Gasteiger partial charge in [0, 0.05) is 0 Å². The van der Waals surface area contributed by atoms with Gasteiger partial charge in [-0.05, 0) is 31.9 Å². The van der Waals surface area contributed by atoms with Crippen LogP contribution in [0.25, 0.3) is 0 Å². The SMILES string of the molecule is CCCCCCCCCC(C)(Oc1ccccc1)C(O)(C(=O)O)C(O)C(=O)O. The molecule has 0 aromatic heterocycles. The standard InChI is InChI=1S/C21H32O7/c1-3-4-5-6-7-8-12-15-20(2,28-16-13-10-9-11-14-16)21(27,19(25)26)17(22)18(23)24/h9-11,13-14,17,22,27H,3-8,12,15H2,1-2H3,(H,23,24)(H,25,26). The van der Waals surface area contributed by atoms with Crippen molar-refractivity contribution in [1.82, 2.24) is 0 Å². The normalized spacial score (nSPS) is 16.6. The number of ether oxygens (including phenoxy) is 1. The molecule has 0 aliphatic rings. The van der Waals surface area contributed by atoms with E-state index in [9.17, 15) is 24.9 Å². The van der Waals surface area contributed by atoms with E-state index in [2.05, 4.69) is 6.92 Å². The van der Waals surface area contributed by atoms with Gasteiger partial charge in [-0.25, -0.2) is 9.59 Å². The van der Waals surface area contributed by atoms with E-state index in [0.29, 0.717) is 6.42 Å². The molecule has 0 aliphatic heterocycles. The van der Waals surface area contributed by atoms with Crippen molar-refractivity contribution < 1.29 is 34.8 Å². The Bertz CT molecular complexity index is 618. The van der Waals surface area contributed by atoms with Crippen LogP contribution in [0.4, 0.5) is 0 Å². The van der Waals surface area contributed by atoms with Gasteiger partial charge in [0.05, 0.1) is 0 Å². The Labute approximate surface area is 166 Å². The third-order valence-corrected chi connectivity index (χ3v) is 5.11. The molecule has 158 valence electrons. The molecule has 0 aliphatic carbocycles. The van der Waals surface area contributed by atoms with Gasteiger partial charge in [-0.2, -0.15) is 0 Å². The number of carbonyl (C=O) groups is 2. The maximum Gasteiger partial charge on any atom is 0.343 e. The fraction of sp³-hybridized carbons (Fsp3) is 0.619. The molecule has 28 heavy (non-hydrogen) atoms. The average Bonchev–Trinajstić information content (AvgIpc) is 2.66. The minimum atomic E-state index is -3.02. The second kappa shape index (κ2) is 11.0. The van der Waals surface area contributed by atoms with Gasteiger partial charge in [0.1, 0.15) is 11.4 Å². The third kappa shape index (κ3) is 5.94. The number of aliphatic hydroxyl groups excluding tert-OH is 1.